The number of ether oxygens (including phenoxy) is 2. The summed E-state index contributed by atoms with van der Waals surface area (Å²) in [5.41, 5.74) is 2.57. The molecule has 0 aliphatic rings. The van der Waals surface area contributed by atoms with Gasteiger partial charge in [0.15, 0.2) is 5.69 Å². The molecular formula is C25H22N2O4. The molecule has 0 amide bonds. The van der Waals surface area contributed by atoms with Crippen LogP contribution in [0.5, 0.6) is 5.75 Å². The van der Waals surface area contributed by atoms with Crippen molar-refractivity contribution < 1.29 is 14.3 Å². The molecule has 0 N–H and O–H groups in total. The number of hydrogen-bond acceptors (Lipinski definition) is 5. The van der Waals surface area contributed by atoms with Crippen LogP contribution in [-0.2, 0) is 4.74 Å². The van der Waals surface area contributed by atoms with E-state index in [-0.39, 0.29) is 24.5 Å². The van der Waals surface area contributed by atoms with Gasteiger partial charge < -0.3 is 9.47 Å². The predicted molar refractivity (Wildman–Crippen MR) is 119 cm³/mol. The number of aryl methyl sites for hydroxylation is 2. The Hall–Kier alpha value is -3.93. The molecule has 0 spiro atoms. The lowest BCUT2D eigenvalue weighted by atomic mass is 10.1. The summed E-state index contributed by atoms with van der Waals surface area (Å²) >= 11 is 0. The van der Waals surface area contributed by atoms with Gasteiger partial charge in [-0.15, -0.1) is 0 Å². The molecule has 4 rings (SSSR count). The van der Waals surface area contributed by atoms with Crippen LogP contribution in [-0.4, -0.2) is 29.0 Å². The molecular weight excluding hydrogens is 392 g/mol. The zero-order chi connectivity index (χ0) is 21.8. The average molecular weight is 414 g/mol. The monoisotopic (exact) mass is 414 g/mol. The zero-order valence-corrected chi connectivity index (χ0v) is 17.4. The molecule has 0 atom stereocenters. The van der Waals surface area contributed by atoms with E-state index in [1.165, 1.54) is 4.68 Å². The molecule has 4 aromatic rings. The third-order valence-electron chi connectivity index (χ3n) is 4.78. The van der Waals surface area contributed by atoms with Crippen molar-refractivity contribution in [3.63, 3.8) is 0 Å². The minimum atomic E-state index is -0.607. The van der Waals surface area contributed by atoms with Crippen LogP contribution < -0.4 is 10.3 Å². The van der Waals surface area contributed by atoms with E-state index in [0.717, 1.165) is 16.9 Å². The molecule has 0 aliphatic heterocycles. The van der Waals surface area contributed by atoms with Gasteiger partial charge in [-0.3, -0.25) is 4.79 Å². The first-order valence-electron chi connectivity index (χ1n) is 9.98. The van der Waals surface area contributed by atoms with Crippen LogP contribution in [0.3, 0.4) is 0 Å². The van der Waals surface area contributed by atoms with Gasteiger partial charge >= 0.3 is 5.97 Å². The van der Waals surface area contributed by atoms with Gasteiger partial charge in [-0.1, -0.05) is 42.5 Å². The second kappa shape index (κ2) is 8.83. The molecule has 0 bridgehead atoms. The van der Waals surface area contributed by atoms with E-state index in [2.05, 4.69) is 11.2 Å². The van der Waals surface area contributed by atoms with Crippen molar-refractivity contribution in [2.45, 2.75) is 13.8 Å². The lowest BCUT2D eigenvalue weighted by molar-refractivity contribution is 0.0444. The second-order valence-corrected chi connectivity index (χ2v) is 7.25. The molecule has 31 heavy (non-hydrogen) atoms. The molecule has 0 radical (unpaired) electrons. The van der Waals surface area contributed by atoms with E-state index in [9.17, 15) is 9.59 Å². The summed E-state index contributed by atoms with van der Waals surface area (Å²) in [5.74, 6) is 0.125. The smallest absolute Gasteiger partial charge is 0.359 e. The van der Waals surface area contributed by atoms with Crippen molar-refractivity contribution in [1.29, 1.82) is 0 Å². The number of para-hydroxylation sites is 1. The highest BCUT2D eigenvalue weighted by Crippen LogP contribution is 2.17. The highest BCUT2D eigenvalue weighted by molar-refractivity contribution is 6.02. The van der Waals surface area contributed by atoms with Gasteiger partial charge in [0.05, 0.1) is 11.1 Å². The Morgan fingerprint density at radius 3 is 2.23 bits per heavy atom. The Balaban J connectivity index is 1.56. The van der Waals surface area contributed by atoms with Gasteiger partial charge in [-0.05, 0) is 55.3 Å². The van der Waals surface area contributed by atoms with E-state index in [1.54, 1.807) is 48.5 Å². The largest absolute Gasteiger partial charge is 0.490 e. The van der Waals surface area contributed by atoms with Crippen LogP contribution in [0.1, 0.15) is 21.6 Å². The Morgan fingerprint density at radius 1 is 0.871 bits per heavy atom. The summed E-state index contributed by atoms with van der Waals surface area (Å²) in [5, 5.41) is 5.18. The summed E-state index contributed by atoms with van der Waals surface area (Å²) in [6.07, 6.45) is 0. The number of esters is 1. The fourth-order valence-corrected chi connectivity index (χ4v) is 3.46. The molecule has 0 aliphatic carbocycles. The first kappa shape index (κ1) is 20.3. The highest BCUT2D eigenvalue weighted by atomic mass is 16.6. The van der Waals surface area contributed by atoms with Gasteiger partial charge in [0.1, 0.15) is 19.0 Å². The summed E-state index contributed by atoms with van der Waals surface area (Å²) in [7, 11) is 0. The lowest BCUT2D eigenvalue weighted by Gasteiger charge is -2.12. The number of nitrogens with zero attached hydrogens (tertiary/aromatic N) is 2. The number of hydrogen-bond donors (Lipinski definition) is 0. The Bertz CT molecular complexity index is 1280. The minimum Gasteiger partial charge on any atom is -0.490 e. The van der Waals surface area contributed by atoms with E-state index in [1.807, 2.05) is 32.0 Å². The van der Waals surface area contributed by atoms with Crippen LogP contribution in [0.2, 0.25) is 0 Å². The van der Waals surface area contributed by atoms with Crippen molar-refractivity contribution in [1.82, 2.24) is 9.78 Å². The lowest BCUT2D eigenvalue weighted by Crippen LogP contribution is -2.25. The molecule has 6 nitrogen and oxygen atoms in total. The van der Waals surface area contributed by atoms with Crippen molar-refractivity contribution in [3.05, 3.63) is 100.0 Å². The molecule has 1 heterocycles. The molecule has 1 aromatic heterocycles. The predicted octanol–water partition coefficient (Wildman–Crippen LogP) is 4.24. The summed E-state index contributed by atoms with van der Waals surface area (Å²) in [6, 6.07) is 21.8. The van der Waals surface area contributed by atoms with Crippen LogP contribution in [0.4, 0.5) is 0 Å². The topological polar surface area (TPSA) is 70.4 Å². The van der Waals surface area contributed by atoms with E-state index < -0.39 is 5.97 Å². The van der Waals surface area contributed by atoms with Crippen molar-refractivity contribution >= 4 is 16.7 Å². The van der Waals surface area contributed by atoms with E-state index in [0.29, 0.717) is 16.5 Å². The van der Waals surface area contributed by atoms with E-state index >= 15 is 0 Å². The number of aromatic nitrogens is 2. The van der Waals surface area contributed by atoms with Crippen LogP contribution >= 0.6 is 0 Å². The summed E-state index contributed by atoms with van der Waals surface area (Å²) in [4.78, 5) is 25.7. The maximum atomic E-state index is 12.9. The van der Waals surface area contributed by atoms with Crippen LogP contribution in [0.25, 0.3) is 16.5 Å². The molecule has 3 aromatic carbocycles. The molecule has 0 unspecified atom stereocenters. The minimum absolute atomic E-state index is 0.0618. The fourth-order valence-electron chi connectivity index (χ4n) is 3.46. The molecule has 156 valence electrons. The number of carbonyl (C=O) groups is 1. The van der Waals surface area contributed by atoms with Gasteiger partial charge in [-0.25, -0.2) is 4.79 Å². The maximum absolute atomic E-state index is 12.9. The van der Waals surface area contributed by atoms with Gasteiger partial charge in [0.25, 0.3) is 5.56 Å². The SMILES string of the molecule is Cc1cc(C)cc(OCCOC(=O)c2nn(-c3ccccc3)c(=O)c3ccccc23)c1. The fraction of sp³-hybridized carbons (Fsp3) is 0.160. The van der Waals surface area contributed by atoms with Crippen molar-refractivity contribution in [3.8, 4) is 11.4 Å². The quantitative estimate of drug-likeness (QED) is 0.349. The van der Waals surface area contributed by atoms with Crippen molar-refractivity contribution in [2.75, 3.05) is 13.2 Å². The highest BCUT2D eigenvalue weighted by Gasteiger charge is 2.18. The number of benzene rings is 3. The Morgan fingerprint density at radius 2 is 1.52 bits per heavy atom. The third kappa shape index (κ3) is 4.48. The van der Waals surface area contributed by atoms with E-state index in [4.69, 9.17) is 9.47 Å². The number of carbonyl (C=O) groups excluding carboxylic acids is 1. The number of fused-ring (bicyclic) bond motifs is 1. The van der Waals surface area contributed by atoms with Gasteiger partial charge in [-0.2, -0.15) is 9.78 Å². The Kier molecular flexibility index (Phi) is 5.80. The third-order valence-corrected chi connectivity index (χ3v) is 4.78. The molecule has 0 saturated carbocycles. The Labute approximate surface area is 179 Å². The zero-order valence-electron chi connectivity index (χ0n) is 17.4. The van der Waals surface area contributed by atoms with Crippen LogP contribution in [0.15, 0.2) is 77.6 Å². The molecule has 0 saturated heterocycles. The standard InChI is InChI=1S/C25H22N2O4/c1-17-14-18(2)16-20(15-17)30-12-13-31-25(29)23-21-10-6-7-11-22(21)24(28)27(26-23)19-8-4-3-5-9-19/h3-11,14-16H,12-13H2,1-2H3. The maximum Gasteiger partial charge on any atom is 0.359 e. The first-order chi connectivity index (χ1) is 15.0. The number of rotatable bonds is 6. The van der Waals surface area contributed by atoms with Crippen LogP contribution in [0, 0.1) is 13.8 Å². The molecule has 0 fully saturated rings. The first-order valence-corrected chi connectivity index (χ1v) is 9.98. The second-order valence-electron chi connectivity index (χ2n) is 7.25. The van der Waals surface area contributed by atoms with Gasteiger partial charge in [0, 0.05) is 5.39 Å². The van der Waals surface area contributed by atoms with Crippen molar-refractivity contribution in [2.24, 2.45) is 0 Å². The molecule has 6 heteroatoms. The average Bonchev–Trinajstić information content (AvgIpc) is 2.77. The van der Waals surface area contributed by atoms with Gasteiger partial charge in [0.2, 0.25) is 0 Å². The summed E-state index contributed by atoms with van der Waals surface area (Å²) in [6.45, 7) is 4.27. The normalized spacial score (nSPS) is 10.8. The summed E-state index contributed by atoms with van der Waals surface area (Å²) < 4.78 is 12.3.